The maximum atomic E-state index is 12.2. The van der Waals surface area contributed by atoms with Gasteiger partial charge in [0, 0.05) is 32.7 Å². The fourth-order valence-corrected chi connectivity index (χ4v) is 3.43. The number of nitrogens with zero attached hydrogens (tertiary/aromatic N) is 2. The highest BCUT2D eigenvalue weighted by molar-refractivity contribution is 6.52. The molecule has 126 valence electrons. The second-order valence-corrected chi connectivity index (χ2v) is 7.91. The molecule has 0 N–H and O–H groups in total. The van der Waals surface area contributed by atoms with E-state index >= 15 is 0 Å². The number of benzene rings is 1. The van der Waals surface area contributed by atoms with E-state index in [1.54, 1.807) is 0 Å². The van der Waals surface area contributed by atoms with Crippen molar-refractivity contribution in [2.45, 2.75) is 10.8 Å². The summed E-state index contributed by atoms with van der Waals surface area (Å²) in [6.45, 7) is 4.48. The Labute approximate surface area is 151 Å². The van der Waals surface area contributed by atoms with Gasteiger partial charge >= 0.3 is 0 Å². The van der Waals surface area contributed by atoms with Crippen molar-refractivity contribution in [3.8, 4) is 5.75 Å². The lowest BCUT2D eigenvalue weighted by atomic mass is 10.2. The molecule has 0 spiro atoms. The van der Waals surface area contributed by atoms with Crippen molar-refractivity contribution in [3.63, 3.8) is 0 Å². The lowest BCUT2D eigenvalue weighted by molar-refractivity contribution is -0.134. The number of ether oxygens (including phenoxy) is 1. The van der Waals surface area contributed by atoms with Crippen molar-refractivity contribution in [2.75, 3.05) is 39.3 Å². The highest BCUT2D eigenvalue weighted by atomic mass is 35.5. The molecule has 1 heterocycles. The normalized spacial score (nSPS) is 23.6. The molecule has 1 aromatic carbocycles. The monoisotopic (exact) mass is 376 g/mol. The molecule has 1 amide bonds. The van der Waals surface area contributed by atoms with Crippen molar-refractivity contribution in [3.05, 3.63) is 29.3 Å². The van der Waals surface area contributed by atoms with E-state index in [0.29, 0.717) is 36.9 Å². The van der Waals surface area contributed by atoms with Crippen LogP contribution >= 0.6 is 34.8 Å². The molecule has 0 aromatic heterocycles. The molecule has 1 aliphatic carbocycles. The molecule has 1 saturated carbocycles. The predicted molar refractivity (Wildman–Crippen MR) is 92.5 cm³/mol. The summed E-state index contributed by atoms with van der Waals surface area (Å²) >= 11 is 18.0. The Hall–Kier alpha value is -0.680. The summed E-state index contributed by atoms with van der Waals surface area (Å²) < 4.78 is 4.86. The molecular formula is C16H19Cl3N2O2. The van der Waals surface area contributed by atoms with Crippen LogP contribution in [0.3, 0.4) is 0 Å². The van der Waals surface area contributed by atoms with Gasteiger partial charge in [-0.05, 0) is 18.6 Å². The summed E-state index contributed by atoms with van der Waals surface area (Å²) in [5, 5.41) is 0.623. The number of rotatable bonds is 5. The zero-order valence-corrected chi connectivity index (χ0v) is 14.9. The van der Waals surface area contributed by atoms with Gasteiger partial charge in [0.1, 0.15) is 16.7 Å². The molecule has 1 aliphatic heterocycles. The molecule has 2 aliphatic rings. The van der Waals surface area contributed by atoms with Crippen LogP contribution in [0, 0.1) is 5.92 Å². The van der Waals surface area contributed by atoms with E-state index in [1.807, 2.05) is 29.2 Å². The van der Waals surface area contributed by atoms with Gasteiger partial charge in [0.05, 0.1) is 10.9 Å². The van der Waals surface area contributed by atoms with E-state index in [1.165, 1.54) is 0 Å². The molecule has 7 heteroatoms. The molecule has 0 bridgehead atoms. The van der Waals surface area contributed by atoms with Crippen LogP contribution in [0.15, 0.2) is 24.3 Å². The maximum Gasteiger partial charge on any atom is 0.228 e. The van der Waals surface area contributed by atoms with E-state index in [4.69, 9.17) is 39.5 Å². The van der Waals surface area contributed by atoms with Crippen LogP contribution in [0.4, 0.5) is 0 Å². The van der Waals surface area contributed by atoms with E-state index in [2.05, 4.69) is 4.90 Å². The fourth-order valence-electron chi connectivity index (χ4n) is 2.74. The van der Waals surface area contributed by atoms with Crippen LogP contribution in [0.5, 0.6) is 5.75 Å². The lowest BCUT2D eigenvalue weighted by Crippen LogP contribution is -2.50. The second-order valence-electron chi connectivity index (χ2n) is 5.96. The van der Waals surface area contributed by atoms with Crippen LogP contribution in [-0.4, -0.2) is 59.4 Å². The summed E-state index contributed by atoms with van der Waals surface area (Å²) in [5.41, 5.74) is 0. The van der Waals surface area contributed by atoms with Crippen molar-refractivity contribution in [1.82, 2.24) is 9.80 Å². The molecule has 1 saturated heterocycles. The summed E-state index contributed by atoms with van der Waals surface area (Å²) in [6.07, 6.45) is 0.570. The molecule has 1 unspecified atom stereocenters. The number of piperazine rings is 1. The minimum Gasteiger partial charge on any atom is -0.491 e. The molecule has 4 nitrogen and oxygen atoms in total. The number of alkyl halides is 2. The van der Waals surface area contributed by atoms with Gasteiger partial charge in [0.15, 0.2) is 0 Å². The zero-order valence-electron chi connectivity index (χ0n) is 12.7. The maximum absolute atomic E-state index is 12.2. The minimum absolute atomic E-state index is 0.0852. The summed E-state index contributed by atoms with van der Waals surface area (Å²) in [7, 11) is 0. The largest absolute Gasteiger partial charge is 0.491 e. The quantitative estimate of drug-likeness (QED) is 0.739. The zero-order chi connectivity index (χ0) is 16.4. The Morgan fingerprint density at radius 3 is 2.48 bits per heavy atom. The Bertz CT molecular complexity index is 574. The summed E-state index contributed by atoms with van der Waals surface area (Å²) in [5.74, 6) is 0.570. The van der Waals surface area contributed by atoms with Crippen LogP contribution in [-0.2, 0) is 4.79 Å². The SMILES string of the molecule is O=C(C1CC1(Cl)Cl)N1CCN(CCOc2ccccc2Cl)CC1. The Morgan fingerprint density at radius 2 is 1.87 bits per heavy atom. The molecular weight excluding hydrogens is 359 g/mol. The second kappa shape index (κ2) is 7.06. The first-order chi connectivity index (χ1) is 11.0. The van der Waals surface area contributed by atoms with Gasteiger partial charge in [-0.15, -0.1) is 23.2 Å². The van der Waals surface area contributed by atoms with Crippen LogP contribution < -0.4 is 4.74 Å². The van der Waals surface area contributed by atoms with Crippen LogP contribution in [0.2, 0.25) is 5.02 Å². The molecule has 2 fully saturated rings. The van der Waals surface area contributed by atoms with E-state index in [0.717, 1.165) is 19.6 Å². The molecule has 1 atom stereocenters. The Morgan fingerprint density at radius 1 is 1.22 bits per heavy atom. The van der Waals surface area contributed by atoms with Gasteiger partial charge in [-0.25, -0.2) is 0 Å². The highest BCUT2D eigenvalue weighted by Crippen LogP contribution is 2.53. The third-order valence-corrected chi connectivity index (χ3v) is 5.46. The number of hydrogen-bond acceptors (Lipinski definition) is 3. The smallest absolute Gasteiger partial charge is 0.228 e. The highest BCUT2D eigenvalue weighted by Gasteiger charge is 2.57. The van der Waals surface area contributed by atoms with Gasteiger partial charge in [0.25, 0.3) is 0 Å². The average Bonchev–Trinajstić information content (AvgIpc) is 3.18. The average molecular weight is 378 g/mol. The first-order valence-corrected chi connectivity index (χ1v) is 8.87. The number of halogens is 3. The van der Waals surface area contributed by atoms with Crippen LogP contribution in [0.1, 0.15) is 6.42 Å². The van der Waals surface area contributed by atoms with E-state index in [9.17, 15) is 4.79 Å². The standard InChI is InChI=1S/C16H19Cl3N2O2/c17-13-3-1-2-4-14(13)23-10-9-20-5-7-21(8-6-20)15(22)12-11-16(12,18)19/h1-4,12H,5-11H2. The number of hydrogen-bond donors (Lipinski definition) is 0. The van der Waals surface area contributed by atoms with Crippen molar-refractivity contribution in [1.29, 1.82) is 0 Å². The topological polar surface area (TPSA) is 32.8 Å². The predicted octanol–water partition coefficient (Wildman–Crippen LogP) is 3.06. The van der Waals surface area contributed by atoms with E-state index in [-0.39, 0.29) is 11.8 Å². The van der Waals surface area contributed by atoms with Gasteiger partial charge in [-0.2, -0.15) is 0 Å². The number of carbonyl (C=O) groups is 1. The van der Waals surface area contributed by atoms with Gasteiger partial charge in [-0.1, -0.05) is 23.7 Å². The van der Waals surface area contributed by atoms with Gasteiger partial charge in [0.2, 0.25) is 5.91 Å². The number of amides is 1. The Balaban J connectivity index is 1.38. The van der Waals surface area contributed by atoms with Crippen molar-refractivity contribution < 1.29 is 9.53 Å². The first-order valence-electron chi connectivity index (χ1n) is 7.74. The van der Waals surface area contributed by atoms with Crippen molar-refractivity contribution >= 4 is 40.7 Å². The number of para-hydroxylation sites is 1. The third kappa shape index (κ3) is 4.24. The first kappa shape index (κ1) is 17.2. The van der Waals surface area contributed by atoms with Gasteiger partial charge in [-0.3, -0.25) is 9.69 Å². The Kier molecular flexibility index (Phi) is 5.26. The minimum atomic E-state index is -0.836. The summed E-state index contributed by atoms with van der Waals surface area (Å²) in [4.78, 5) is 16.4. The van der Waals surface area contributed by atoms with Crippen LogP contribution in [0.25, 0.3) is 0 Å². The fraction of sp³-hybridized carbons (Fsp3) is 0.562. The third-order valence-electron chi connectivity index (χ3n) is 4.31. The molecule has 1 aromatic rings. The molecule has 23 heavy (non-hydrogen) atoms. The molecule has 3 rings (SSSR count). The summed E-state index contributed by atoms with van der Waals surface area (Å²) in [6, 6.07) is 7.45. The molecule has 0 radical (unpaired) electrons. The van der Waals surface area contributed by atoms with Gasteiger partial charge < -0.3 is 9.64 Å². The van der Waals surface area contributed by atoms with Crippen molar-refractivity contribution in [2.24, 2.45) is 5.92 Å². The number of carbonyl (C=O) groups excluding carboxylic acids is 1. The lowest BCUT2D eigenvalue weighted by Gasteiger charge is -2.34. The van der Waals surface area contributed by atoms with E-state index < -0.39 is 4.33 Å².